The summed E-state index contributed by atoms with van der Waals surface area (Å²) in [5, 5.41) is 0. The van der Waals surface area contributed by atoms with Gasteiger partial charge in [0.25, 0.3) is 0 Å². The molecule has 0 bridgehead atoms. The Labute approximate surface area is 151 Å². The second kappa shape index (κ2) is 6.49. The van der Waals surface area contributed by atoms with E-state index in [0.29, 0.717) is 22.7 Å². The lowest BCUT2D eigenvalue weighted by atomic mass is 10.2. The van der Waals surface area contributed by atoms with Gasteiger partial charge in [0, 0.05) is 5.69 Å². The van der Waals surface area contributed by atoms with Crippen LogP contribution in [0, 0.1) is 0 Å². The fraction of sp³-hybridized carbons (Fsp3) is 0.167. The number of fused-ring (bicyclic) bond motifs is 1. The summed E-state index contributed by atoms with van der Waals surface area (Å²) >= 11 is 0. The van der Waals surface area contributed by atoms with Gasteiger partial charge in [-0.2, -0.15) is 13.2 Å². The third kappa shape index (κ3) is 3.05. The molecule has 3 aromatic rings. The number of imidazole rings is 1. The summed E-state index contributed by atoms with van der Waals surface area (Å²) in [4.78, 5) is 14.2. The molecule has 2 aromatic carbocycles. The van der Waals surface area contributed by atoms with Gasteiger partial charge in [-0.1, -0.05) is 12.1 Å². The van der Waals surface area contributed by atoms with Crippen molar-refractivity contribution in [3.63, 3.8) is 0 Å². The van der Waals surface area contributed by atoms with Gasteiger partial charge in [0.05, 0.1) is 16.6 Å². The summed E-state index contributed by atoms with van der Waals surface area (Å²) in [6.07, 6.45) is -3.08. The molecule has 0 fully saturated rings. The van der Waals surface area contributed by atoms with E-state index in [4.69, 9.17) is 0 Å². The van der Waals surface area contributed by atoms with Crippen LogP contribution in [0.4, 0.5) is 23.2 Å². The van der Waals surface area contributed by atoms with Crippen LogP contribution in [0.5, 0.6) is 0 Å². The molecule has 138 valence electrons. The van der Waals surface area contributed by atoms with Crippen LogP contribution in [-0.4, -0.2) is 28.5 Å². The molecule has 0 N–H and O–H groups in total. The van der Waals surface area contributed by atoms with E-state index in [2.05, 4.69) is 15.0 Å². The summed E-state index contributed by atoms with van der Waals surface area (Å²) in [6, 6.07) is 11.8. The van der Waals surface area contributed by atoms with E-state index in [0.717, 1.165) is 12.1 Å². The first kappa shape index (κ1) is 17.2. The number of hydrogen-bond acceptors (Lipinski definition) is 4. The molecule has 0 saturated heterocycles. The molecule has 1 aliphatic heterocycles. The number of hydrogen-bond donors (Lipinski definition) is 0. The molecule has 0 spiro atoms. The lowest BCUT2D eigenvalue weighted by Gasteiger charge is -2.27. The largest absolute Gasteiger partial charge is 0.416 e. The van der Waals surface area contributed by atoms with E-state index < -0.39 is 18.4 Å². The second-order valence-electron chi connectivity index (χ2n) is 5.83. The third-order valence-electron chi connectivity index (χ3n) is 4.18. The highest BCUT2D eigenvalue weighted by atomic mass is 19.4. The molecule has 1 aromatic heterocycles. The standard InChI is InChI=1S/C18H13F4N5/c19-9-16-25-14-3-1-2-4-15(14)27(16)17-24-10-23-11-26(17)13-7-5-12(6-8-13)18(20,21)22/h1-8,10H,9,11H2. The van der Waals surface area contributed by atoms with Gasteiger partial charge in [-0.3, -0.25) is 14.5 Å². The molecule has 0 amide bonds. The van der Waals surface area contributed by atoms with Gasteiger partial charge in [0.1, 0.15) is 25.5 Å². The zero-order valence-corrected chi connectivity index (χ0v) is 13.9. The fourth-order valence-corrected chi connectivity index (χ4v) is 2.94. The number of rotatable bonds is 2. The Morgan fingerprint density at radius 2 is 1.74 bits per heavy atom. The molecule has 0 atom stereocenters. The maximum Gasteiger partial charge on any atom is 0.416 e. The predicted octanol–water partition coefficient (Wildman–Crippen LogP) is 4.23. The van der Waals surface area contributed by atoms with Crippen molar-refractivity contribution in [1.29, 1.82) is 0 Å². The van der Waals surface area contributed by atoms with Gasteiger partial charge in [-0.05, 0) is 36.4 Å². The van der Waals surface area contributed by atoms with E-state index in [1.54, 1.807) is 33.7 Å². The minimum Gasteiger partial charge on any atom is -0.291 e. The summed E-state index contributed by atoms with van der Waals surface area (Å²) in [5.41, 5.74) is 0.961. The third-order valence-corrected chi connectivity index (χ3v) is 4.18. The van der Waals surface area contributed by atoms with Gasteiger partial charge in [-0.15, -0.1) is 0 Å². The molecule has 0 aliphatic carbocycles. The number of aromatic nitrogens is 2. The monoisotopic (exact) mass is 375 g/mol. The van der Waals surface area contributed by atoms with Crippen molar-refractivity contribution in [2.75, 3.05) is 11.6 Å². The average molecular weight is 375 g/mol. The molecule has 2 heterocycles. The van der Waals surface area contributed by atoms with Crippen molar-refractivity contribution in [3.8, 4) is 0 Å². The number of nitrogens with zero attached hydrogens (tertiary/aromatic N) is 5. The summed E-state index contributed by atoms with van der Waals surface area (Å²) in [5.74, 6) is 0.480. The van der Waals surface area contributed by atoms with E-state index in [-0.39, 0.29) is 12.5 Å². The van der Waals surface area contributed by atoms with E-state index in [9.17, 15) is 17.6 Å². The topological polar surface area (TPSA) is 45.8 Å². The number of alkyl halides is 4. The molecular weight excluding hydrogens is 362 g/mol. The quantitative estimate of drug-likeness (QED) is 0.629. The first-order chi connectivity index (χ1) is 13.0. The lowest BCUT2D eigenvalue weighted by molar-refractivity contribution is -0.137. The minimum atomic E-state index is -4.42. The zero-order valence-electron chi connectivity index (χ0n) is 13.9. The number of aliphatic imine (C=N–C) groups is 2. The lowest BCUT2D eigenvalue weighted by Crippen LogP contribution is -2.39. The van der Waals surface area contributed by atoms with Crippen LogP contribution in [0.2, 0.25) is 0 Å². The number of halogens is 4. The number of para-hydroxylation sites is 2. The van der Waals surface area contributed by atoms with Gasteiger partial charge in [0.15, 0.2) is 0 Å². The Morgan fingerprint density at radius 3 is 2.44 bits per heavy atom. The highest BCUT2D eigenvalue weighted by molar-refractivity contribution is 6.06. The van der Waals surface area contributed by atoms with Crippen LogP contribution < -0.4 is 4.90 Å². The van der Waals surface area contributed by atoms with Crippen molar-refractivity contribution < 1.29 is 17.6 Å². The van der Waals surface area contributed by atoms with Crippen LogP contribution >= 0.6 is 0 Å². The smallest absolute Gasteiger partial charge is 0.291 e. The highest BCUT2D eigenvalue weighted by Gasteiger charge is 2.30. The zero-order chi connectivity index (χ0) is 19.0. The highest BCUT2D eigenvalue weighted by Crippen LogP contribution is 2.31. The Kier molecular flexibility index (Phi) is 4.14. The Morgan fingerprint density at radius 1 is 1.00 bits per heavy atom. The number of benzene rings is 2. The SMILES string of the molecule is FCc1nc2ccccc2n1C1=NC=NCN1c1ccc(C(F)(F)F)cc1. The predicted molar refractivity (Wildman–Crippen MR) is 94.7 cm³/mol. The van der Waals surface area contributed by atoms with Crippen LogP contribution in [0.25, 0.3) is 11.0 Å². The molecule has 5 nitrogen and oxygen atoms in total. The minimum absolute atomic E-state index is 0.141. The van der Waals surface area contributed by atoms with E-state index >= 15 is 0 Å². The molecule has 0 saturated carbocycles. The Bertz CT molecular complexity index is 1030. The fourth-order valence-electron chi connectivity index (χ4n) is 2.94. The average Bonchev–Trinajstić information content (AvgIpc) is 3.06. The molecule has 1 aliphatic rings. The van der Waals surface area contributed by atoms with Crippen molar-refractivity contribution in [2.45, 2.75) is 12.9 Å². The maximum absolute atomic E-state index is 13.6. The van der Waals surface area contributed by atoms with Crippen molar-refractivity contribution in [2.24, 2.45) is 9.98 Å². The first-order valence-electron chi connectivity index (χ1n) is 8.02. The van der Waals surface area contributed by atoms with Gasteiger partial charge in [-0.25, -0.2) is 14.4 Å². The molecule has 9 heteroatoms. The summed E-state index contributed by atoms with van der Waals surface area (Å²) < 4.78 is 53.6. The van der Waals surface area contributed by atoms with E-state index in [1.807, 2.05) is 0 Å². The van der Waals surface area contributed by atoms with Gasteiger partial charge in [0.2, 0.25) is 5.96 Å². The summed E-state index contributed by atoms with van der Waals surface area (Å²) in [7, 11) is 0. The molecular formula is C18H13F4N5. The van der Waals surface area contributed by atoms with Crippen LogP contribution in [0.15, 0.2) is 58.5 Å². The van der Waals surface area contributed by atoms with Crippen molar-refractivity contribution >= 4 is 29.0 Å². The van der Waals surface area contributed by atoms with Crippen molar-refractivity contribution in [1.82, 2.24) is 9.55 Å². The maximum atomic E-state index is 13.6. The number of anilines is 1. The normalized spacial score (nSPS) is 14.7. The molecule has 4 rings (SSSR count). The van der Waals surface area contributed by atoms with Crippen molar-refractivity contribution in [3.05, 3.63) is 59.9 Å². The van der Waals surface area contributed by atoms with Crippen LogP contribution in [0.1, 0.15) is 11.4 Å². The molecule has 0 unspecified atom stereocenters. The van der Waals surface area contributed by atoms with Gasteiger partial charge >= 0.3 is 6.18 Å². The molecule has 27 heavy (non-hydrogen) atoms. The second-order valence-corrected chi connectivity index (χ2v) is 5.83. The summed E-state index contributed by atoms with van der Waals surface area (Å²) in [6.45, 7) is -0.672. The van der Waals surface area contributed by atoms with Crippen LogP contribution in [0.3, 0.4) is 0 Å². The Hall–Kier alpha value is -3.23. The van der Waals surface area contributed by atoms with Gasteiger partial charge < -0.3 is 0 Å². The van der Waals surface area contributed by atoms with Crippen LogP contribution in [-0.2, 0) is 12.9 Å². The molecule has 0 radical (unpaired) electrons. The van der Waals surface area contributed by atoms with E-state index in [1.165, 1.54) is 18.5 Å². The first-order valence-corrected chi connectivity index (χ1v) is 8.02. The Balaban J connectivity index is 1.80.